The second-order valence-electron chi connectivity index (χ2n) is 10.1. The van der Waals surface area contributed by atoms with Crippen molar-refractivity contribution in [3.63, 3.8) is 0 Å². The predicted molar refractivity (Wildman–Crippen MR) is 141 cm³/mol. The highest BCUT2D eigenvalue weighted by molar-refractivity contribution is 5.89. The number of hydrogen-bond donors (Lipinski definition) is 10. The summed E-state index contributed by atoms with van der Waals surface area (Å²) in [6.07, 6.45) is -19.4. The maximum Gasteiger partial charge on any atom is 0.335 e. The molecule has 2 aliphatic rings. The number of carboxylic acid groups (broad SMARTS) is 1. The van der Waals surface area contributed by atoms with Crippen molar-refractivity contribution >= 4 is 16.9 Å². The molecule has 10 atom stereocenters. The third-order valence-electron chi connectivity index (χ3n) is 7.20. The first-order chi connectivity index (χ1) is 20.8. The van der Waals surface area contributed by atoms with Crippen LogP contribution in [0.3, 0.4) is 0 Å². The molecule has 5 rings (SSSR count). The van der Waals surface area contributed by atoms with Crippen LogP contribution in [0.1, 0.15) is 0 Å². The first kappa shape index (κ1) is 31.4. The zero-order valence-electron chi connectivity index (χ0n) is 22.3. The lowest BCUT2D eigenvalue weighted by molar-refractivity contribution is -0.280. The number of aliphatic hydroxyl groups is 7. The number of fused-ring (bicyclic) bond motifs is 1. The van der Waals surface area contributed by atoms with Crippen molar-refractivity contribution in [2.75, 3.05) is 6.61 Å². The molecule has 2 aliphatic heterocycles. The van der Waals surface area contributed by atoms with E-state index in [0.29, 0.717) is 5.56 Å². The van der Waals surface area contributed by atoms with Gasteiger partial charge in [-0.1, -0.05) is 0 Å². The minimum atomic E-state index is -2.09. The lowest BCUT2D eigenvalue weighted by Crippen LogP contribution is -2.61. The van der Waals surface area contributed by atoms with E-state index in [1.807, 2.05) is 0 Å². The molecule has 44 heavy (non-hydrogen) atoms. The minimum absolute atomic E-state index is 0.0334. The van der Waals surface area contributed by atoms with Crippen molar-refractivity contribution in [2.24, 2.45) is 0 Å². The average molecular weight is 625 g/mol. The quantitative estimate of drug-likeness (QED) is 0.128. The number of rotatable bonds is 7. The van der Waals surface area contributed by atoms with Gasteiger partial charge < -0.3 is 74.4 Å². The lowest BCUT2D eigenvalue weighted by atomic mass is 9.99. The van der Waals surface area contributed by atoms with Gasteiger partial charge in [0.25, 0.3) is 0 Å². The van der Waals surface area contributed by atoms with Crippen LogP contribution < -0.4 is 14.9 Å². The van der Waals surface area contributed by atoms with Gasteiger partial charge in [0.15, 0.2) is 23.0 Å². The number of aliphatic carboxylic acids is 1. The average Bonchev–Trinajstić information content (AvgIpc) is 2.99. The topological polar surface area (TPSA) is 286 Å². The molecule has 0 saturated carbocycles. The summed E-state index contributed by atoms with van der Waals surface area (Å²) in [5.74, 6) is -4.25. The van der Waals surface area contributed by atoms with Gasteiger partial charge in [-0.15, -0.1) is 0 Å². The first-order valence-corrected chi connectivity index (χ1v) is 13.0. The Kier molecular flexibility index (Phi) is 8.67. The summed E-state index contributed by atoms with van der Waals surface area (Å²) in [7, 11) is 0. The molecule has 10 N–H and O–H groups in total. The fourth-order valence-corrected chi connectivity index (χ4v) is 4.79. The molecule has 0 unspecified atom stereocenters. The summed E-state index contributed by atoms with van der Waals surface area (Å²) in [6, 6.07) is 7.47. The number of phenolic OH excluding ortho intramolecular Hbond substituents is 2. The maximum atomic E-state index is 13.2. The summed E-state index contributed by atoms with van der Waals surface area (Å²) in [6.45, 7) is -0.833. The summed E-state index contributed by atoms with van der Waals surface area (Å²) >= 11 is 0. The van der Waals surface area contributed by atoms with Gasteiger partial charge in [-0.05, 0) is 24.3 Å². The number of carboxylic acids is 1. The number of phenols is 2. The Morgan fingerprint density at radius 1 is 0.795 bits per heavy atom. The monoisotopic (exact) mass is 624 g/mol. The van der Waals surface area contributed by atoms with Crippen LogP contribution in [-0.4, -0.2) is 125 Å². The van der Waals surface area contributed by atoms with E-state index in [-0.39, 0.29) is 17.1 Å². The van der Waals surface area contributed by atoms with E-state index in [9.17, 15) is 60.7 Å². The molecule has 3 heterocycles. The molecule has 17 nitrogen and oxygen atoms in total. The van der Waals surface area contributed by atoms with Gasteiger partial charge in [-0.3, -0.25) is 4.79 Å². The van der Waals surface area contributed by atoms with Crippen LogP contribution >= 0.6 is 0 Å². The SMILES string of the molecule is O=C(O)[C@H]1O[C@@H](Oc2cc3oc(-c4ccc(O)cc4)cc(=O)c3c(O)c2O[C@@H]2O[C@H](CO)[C@@H](O)[C@H](O)[C@H]2O)[C@H](O)[C@@H](O)[C@@H]1O. The molecule has 2 aromatic carbocycles. The molecule has 0 bridgehead atoms. The highest BCUT2D eigenvalue weighted by Crippen LogP contribution is 2.45. The molecule has 0 spiro atoms. The molecule has 2 saturated heterocycles. The summed E-state index contributed by atoms with van der Waals surface area (Å²) in [5.41, 5.74) is -0.844. The summed E-state index contributed by atoms with van der Waals surface area (Å²) < 4.78 is 27.4. The number of aromatic hydroxyl groups is 2. The summed E-state index contributed by atoms with van der Waals surface area (Å²) in [4.78, 5) is 24.8. The van der Waals surface area contributed by atoms with Crippen LogP contribution in [0, 0.1) is 0 Å². The Bertz CT molecular complexity index is 1570. The molecular weight excluding hydrogens is 596 g/mol. The van der Waals surface area contributed by atoms with Gasteiger partial charge in [-0.25, -0.2) is 4.79 Å². The highest BCUT2D eigenvalue weighted by Gasteiger charge is 2.49. The normalized spacial score (nSPS) is 32.3. The fourth-order valence-electron chi connectivity index (χ4n) is 4.79. The number of aliphatic hydroxyl groups excluding tert-OH is 7. The maximum absolute atomic E-state index is 13.2. The van der Waals surface area contributed by atoms with Crippen LogP contribution in [-0.2, 0) is 14.3 Å². The number of benzene rings is 2. The van der Waals surface area contributed by atoms with E-state index in [0.717, 1.165) is 12.1 Å². The Labute approximate surface area is 245 Å². The van der Waals surface area contributed by atoms with E-state index in [1.54, 1.807) is 0 Å². The largest absolute Gasteiger partial charge is 0.508 e. The van der Waals surface area contributed by atoms with Gasteiger partial charge in [0.1, 0.15) is 65.2 Å². The van der Waals surface area contributed by atoms with Crippen LogP contribution in [0.2, 0.25) is 0 Å². The van der Waals surface area contributed by atoms with Gasteiger partial charge in [-0.2, -0.15) is 0 Å². The van der Waals surface area contributed by atoms with Crippen molar-refractivity contribution in [2.45, 2.75) is 61.4 Å². The third-order valence-corrected chi connectivity index (χ3v) is 7.20. The van der Waals surface area contributed by atoms with Crippen LogP contribution in [0.25, 0.3) is 22.3 Å². The van der Waals surface area contributed by atoms with E-state index >= 15 is 0 Å². The molecular formula is C27H28O17. The van der Waals surface area contributed by atoms with Crippen LogP contribution in [0.5, 0.6) is 23.0 Å². The number of carbonyl (C=O) groups is 1. The highest BCUT2D eigenvalue weighted by atomic mass is 16.7. The van der Waals surface area contributed by atoms with E-state index < -0.39 is 102 Å². The minimum Gasteiger partial charge on any atom is -0.508 e. The van der Waals surface area contributed by atoms with E-state index in [1.165, 1.54) is 24.3 Å². The van der Waals surface area contributed by atoms with Crippen molar-refractivity contribution in [3.8, 4) is 34.3 Å². The first-order valence-electron chi connectivity index (χ1n) is 13.0. The molecule has 1 aromatic heterocycles. The molecule has 238 valence electrons. The number of hydrogen-bond acceptors (Lipinski definition) is 16. The molecule has 3 aromatic rings. The van der Waals surface area contributed by atoms with Gasteiger partial charge in [0.2, 0.25) is 18.3 Å². The smallest absolute Gasteiger partial charge is 0.335 e. The second kappa shape index (κ2) is 12.2. The van der Waals surface area contributed by atoms with Crippen LogP contribution in [0.4, 0.5) is 0 Å². The van der Waals surface area contributed by atoms with Crippen molar-refractivity contribution in [1.29, 1.82) is 0 Å². The second-order valence-corrected chi connectivity index (χ2v) is 10.1. The Morgan fingerprint density at radius 2 is 1.41 bits per heavy atom. The van der Waals surface area contributed by atoms with Gasteiger partial charge in [0, 0.05) is 17.7 Å². The molecule has 0 aliphatic carbocycles. The Morgan fingerprint density at radius 3 is 2.02 bits per heavy atom. The summed E-state index contributed by atoms with van der Waals surface area (Å²) in [5, 5.41) is 101. The molecule has 0 radical (unpaired) electrons. The molecule has 2 fully saturated rings. The van der Waals surface area contributed by atoms with Crippen molar-refractivity contribution < 1.29 is 79.2 Å². The number of ether oxygens (including phenoxy) is 4. The van der Waals surface area contributed by atoms with E-state index in [2.05, 4.69) is 0 Å². The Balaban J connectivity index is 1.63. The van der Waals surface area contributed by atoms with Crippen LogP contribution in [0.15, 0.2) is 45.6 Å². The fraction of sp³-hybridized carbons (Fsp3) is 0.407. The van der Waals surface area contributed by atoms with Crippen molar-refractivity contribution in [3.05, 3.63) is 46.6 Å². The zero-order valence-corrected chi connectivity index (χ0v) is 22.3. The lowest BCUT2D eigenvalue weighted by Gasteiger charge is -2.40. The zero-order chi connectivity index (χ0) is 32.0. The van der Waals surface area contributed by atoms with Crippen molar-refractivity contribution in [1.82, 2.24) is 0 Å². The predicted octanol–water partition coefficient (Wildman–Crippen LogP) is -2.68. The van der Waals surface area contributed by atoms with E-state index in [4.69, 9.17) is 23.4 Å². The molecule has 17 heteroatoms. The Hall–Kier alpha value is -4.04. The third kappa shape index (κ3) is 5.63. The van der Waals surface area contributed by atoms with Gasteiger partial charge >= 0.3 is 5.97 Å². The standard InChI is InChI=1S/C27H28O17/c28-7-14-16(31)18(33)21(36)27(42-14)43-23-13(41-26-22(37)19(34)20(35)24(44-26)25(38)39)6-12-15(17(23)32)10(30)5-11(40-12)8-1-3-9(29)4-2-8/h1-6,14,16,18-22,24,26-29,31-37H,7H2,(H,38,39)/t14-,16-,18+,19+,20+,21-,22-,24+,26-,27+/m1/s1. The molecule has 0 amide bonds. The van der Waals surface area contributed by atoms with Gasteiger partial charge in [0.05, 0.1) is 6.61 Å².